The van der Waals surface area contributed by atoms with Crippen molar-refractivity contribution in [1.82, 2.24) is 14.8 Å². The van der Waals surface area contributed by atoms with E-state index >= 15 is 0 Å². The molecule has 7 heteroatoms. The van der Waals surface area contributed by atoms with Gasteiger partial charge in [0.2, 0.25) is 0 Å². The minimum Gasteiger partial charge on any atom is -0.464 e. The summed E-state index contributed by atoms with van der Waals surface area (Å²) < 4.78 is 4.85. The highest BCUT2D eigenvalue weighted by Crippen LogP contribution is 2.35. The predicted octanol–water partition coefficient (Wildman–Crippen LogP) is 2.43. The van der Waals surface area contributed by atoms with E-state index < -0.39 is 5.97 Å². The van der Waals surface area contributed by atoms with E-state index in [1.807, 2.05) is 42.2 Å². The summed E-state index contributed by atoms with van der Waals surface area (Å²) in [5, 5.41) is 3.00. The summed E-state index contributed by atoms with van der Waals surface area (Å²) in [6, 6.07) is -0.0294. The standard InChI is InChI=1S/C18H23N3O3S/c1-11-10-25-16(19-11)14-6-5-7-21(14)17(22)13-8-12(2)20(3)15(9-13)18(23)24-4/h8-10,12,14H,5-7H2,1-4H3/t12?,14-/m1/s1. The summed E-state index contributed by atoms with van der Waals surface area (Å²) in [6.07, 6.45) is 5.42. The van der Waals surface area contributed by atoms with Gasteiger partial charge in [0.05, 0.1) is 13.2 Å². The number of ether oxygens (including phenoxy) is 1. The zero-order valence-electron chi connectivity index (χ0n) is 15.0. The third-order valence-corrected chi connectivity index (χ3v) is 5.84. The fraction of sp³-hybridized carbons (Fsp3) is 0.500. The molecule has 0 spiro atoms. The number of esters is 1. The highest BCUT2D eigenvalue weighted by atomic mass is 32.1. The fourth-order valence-electron chi connectivity index (χ4n) is 3.29. The van der Waals surface area contributed by atoms with Gasteiger partial charge in [-0.3, -0.25) is 4.79 Å². The number of rotatable bonds is 3. The minimum atomic E-state index is -0.429. The molecule has 3 rings (SSSR count). The van der Waals surface area contributed by atoms with E-state index in [9.17, 15) is 9.59 Å². The Labute approximate surface area is 151 Å². The van der Waals surface area contributed by atoms with Crippen molar-refractivity contribution in [1.29, 1.82) is 0 Å². The number of methoxy groups -OCH3 is 1. The van der Waals surface area contributed by atoms with Crippen LogP contribution in [0.4, 0.5) is 0 Å². The monoisotopic (exact) mass is 361 g/mol. The number of hydrogen-bond donors (Lipinski definition) is 0. The first-order valence-corrected chi connectivity index (χ1v) is 9.28. The number of aromatic nitrogens is 1. The molecule has 134 valence electrons. The summed E-state index contributed by atoms with van der Waals surface area (Å²) in [6.45, 7) is 4.63. The molecule has 1 unspecified atom stereocenters. The fourth-order valence-corrected chi connectivity index (χ4v) is 4.23. The Kier molecular flexibility index (Phi) is 4.94. The Morgan fingerprint density at radius 2 is 2.16 bits per heavy atom. The maximum Gasteiger partial charge on any atom is 0.354 e. The van der Waals surface area contributed by atoms with Gasteiger partial charge in [0.25, 0.3) is 5.91 Å². The average Bonchev–Trinajstić information content (AvgIpc) is 3.24. The molecular formula is C18H23N3O3S. The SMILES string of the molecule is COC(=O)C1=CC(C(=O)N2CCC[C@@H]2c2nc(C)cs2)=CC(C)N1C. The van der Waals surface area contributed by atoms with Crippen LogP contribution in [0.5, 0.6) is 0 Å². The van der Waals surface area contributed by atoms with Crippen LogP contribution < -0.4 is 0 Å². The van der Waals surface area contributed by atoms with E-state index in [1.54, 1.807) is 17.4 Å². The van der Waals surface area contributed by atoms with Gasteiger partial charge in [0.1, 0.15) is 10.7 Å². The Bertz CT molecular complexity index is 753. The number of aryl methyl sites for hydroxylation is 1. The van der Waals surface area contributed by atoms with Gasteiger partial charge in [-0.2, -0.15) is 0 Å². The number of hydrogen-bond acceptors (Lipinski definition) is 6. The van der Waals surface area contributed by atoms with Crippen LogP contribution in [0.3, 0.4) is 0 Å². The van der Waals surface area contributed by atoms with E-state index in [0.717, 1.165) is 23.5 Å². The first kappa shape index (κ1) is 17.7. The van der Waals surface area contributed by atoms with Gasteiger partial charge in [0, 0.05) is 36.3 Å². The van der Waals surface area contributed by atoms with Gasteiger partial charge in [-0.05, 0) is 38.8 Å². The molecule has 0 saturated carbocycles. The zero-order valence-corrected chi connectivity index (χ0v) is 15.8. The summed E-state index contributed by atoms with van der Waals surface area (Å²) in [4.78, 5) is 33.4. The normalized spacial score (nSPS) is 23.4. The minimum absolute atomic E-state index is 0.0250. The van der Waals surface area contributed by atoms with Crippen LogP contribution >= 0.6 is 11.3 Å². The molecule has 0 bridgehead atoms. The number of likely N-dealkylation sites (N-methyl/N-ethyl adjacent to an activating group) is 1. The molecule has 1 aromatic rings. The molecule has 0 aromatic carbocycles. The number of carbonyl (C=O) groups is 2. The Hall–Kier alpha value is -2.15. The number of carbonyl (C=O) groups excluding carboxylic acids is 2. The maximum atomic E-state index is 13.1. The van der Waals surface area contributed by atoms with Crippen molar-refractivity contribution in [2.24, 2.45) is 0 Å². The van der Waals surface area contributed by atoms with E-state index in [1.165, 1.54) is 7.11 Å². The molecular weight excluding hydrogens is 338 g/mol. The maximum absolute atomic E-state index is 13.1. The molecule has 1 saturated heterocycles. The summed E-state index contributed by atoms with van der Waals surface area (Å²) in [7, 11) is 3.17. The second kappa shape index (κ2) is 7.00. The summed E-state index contributed by atoms with van der Waals surface area (Å²) in [5.74, 6) is -0.474. The molecule has 6 nitrogen and oxygen atoms in total. The van der Waals surface area contributed by atoms with E-state index in [-0.39, 0.29) is 18.0 Å². The van der Waals surface area contributed by atoms with Crippen LogP contribution in [0.15, 0.2) is 28.8 Å². The molecule has 1 fully saturated rings. The molecule has 3 heterocycles. The summed E-state index contributed by atoms with van der Waals surface area (Å²) in [5.41, 5.74) is 1.94. The third-order valence-electron chi connectivity index (χ3n) is 4.78. The van der Waals surface area contributed by atoms with E-state index in [0.29, 0.717) is 17.8 Å². The second-order valence-electron chi connectivity index (χ2n) is 6.48. The topological polar surface area (TPSA) is 62.7 Å². The second-order valence-corrected chi connectivity index (χ2v) is 7.37. The Balaban J connectivity index is 1.87. The van der Waals surface area contributed by atoms with Crippen molar-refractivity contribution in [2.75, 3.05) is 20.7 Å². The van der Waals surface area contributed by atoms with E-state index in [2.05, 4.69) is 4.98 Å². The van der Waals surface area contributed by atoms with Crippen LogP contribution in [-0.4, -0.2) is 53.4 Å². The first-order chi connectivity index (χ1) is 11.9. The van der Waals surface area contributed by atoms with Crippen LogP contribution in [0.2, 0.25) is 0 Å². The zero-order chi connectivity index (χ0) is 18.1. The van der Waals surface area contributed by atoms with Gasteiger partial charge in [-0.15, -0.1) is 11.3 Å². The van der Waals surface area contributed by atoms with Crippen LogP contribution in [0, 0.1) is 6.92 Å². The van der Waals surface area contributed by atoms with Crippen molar-refractivity contribution in [3.63, 3.8) is 0 Å². The molecule has 0 N–H and O–H groups in total. The lowest BCUT2D eigenvalue weighted by Gasteiger charge is -2.31. The van der Waals surface area contributed by atoms with Gasteiger partial charge in [-0.25, -0.2) is 9.78 Å². The average molecular weight is 361 g/mol. The number of nitrogens with zero attached hydrogens (tertiary/aromatic N) is 3. The van der Waals surface area contributed by atoms with Gasteiger partial charge >= 0.3 is 5.97 Å². The highest BCUT2D eigenvalue weighted by molar-refractivity contribution is 7.09. The van der Waals surface area contributed by atoms with Crippen LogP contribution in [0.1, 0.15) is 36.5 Å². The van der Waals surface area contributed by atoms with Gasteiger partial charge in [0.15, 0.2) is 0 Å². The third kappa shape index (κ3) is 3.33. The lowest BCUT2D eigenvalue weighted by Crippen LogP contribution is -2.38. The Morgan fingerprint density at radius 3 is 2.80 bits per heavy atom. The van der Waals surface area contributed by atoms with Crippen molar-refractivity contribution < 1.29 is 14.3 Å². The molecule has 2 aliphatic heterocycles. The summed E-state index contributed by atoms with van der Waals surface area (Å²) >= 11 is 1.60. The molecule has 2 aliphatic rings. The quantitative estimate of drug-likeness (QED) is 0.774. The Morgan fingerprint density at radius 1 is 1.40 bits per heavy atom. The number of thiazole rings is 1. The lowest BCUT2D eigenvalue weighted by atomic mass is 10.0. The molecule has 0 aliphatic carbocycles. The van der Waals surface area contributed by atoms with Crippen LogP contribution in [-0.2, 0) is 14.3 Å². The smallest absolute Gasteiger partial charge is 0.354 e. The van der Waals surface area contributed by atoms with Crippen molar-refractivity contribution in [2.45, 2.75) is 38.8 Å². The van der Waals surface area contributed by atoms with Gasteiger partial charge in [-0.1, -0.05) is 0 Å². The molecule has 0 radical (unpaired) electrons. The first-order valence-electron chi connectivity index (χ1n) is 8.40. The highest BCUT2D eigenvalue weighted by Gasteiger charge is 2.35. The number of likely N-dealkylation sites (tertiary alicyclic amines) is 1. The molecule has 1 amide bonds. The molecule has 1 aromatic heterocycles. The lowest BCUT2D eigenvalue weighted by molar-refractivity contribution is -0.138. The largest absolute Gasteiger partial charge is 0.464 e. The predicted molar refractivity (Wildman–Crippen MR) is 95.9 cm³/mol. The van der Waals surface area contributed by atoms with Gasteiger partial charge < -0.3 is 14.5 Å². The van der Waals surface area contributed by atoms with Crippen LogP contribution in [0.25, 0.3) is 0 Å². The molecule has 2 atom stereocenters. The van der Waals surface area contributed by atoms with Crippen molar-refractivity contribution >= 4 is 23.2 Å². The molecule has 25 heavy (non-hydrogen) atoms. The van der Waals surface area contributed by atoms with Crippen molar-refractivity contribution in [3.05, 3.63) is 39.5 Å². The van der Waals surface area contributed by atoms with E-state index in [4.69, 9.17) is 4.74 Å². The number of amides is 1. The van der Waals surface area contributed by atoms with Crippen molar-refractivity contribution in [3.8, 4) is 0 Å².